The first-order valence-electron chi connectivity index (χ1n) is 4.43. The van der Waals surface area contributed by atoms with Crippen molar-refractivity contribution in [3.05, 3.63) is 21.1 Å². The van der Waals surface area contributed by atoms with Gasteiger partial charge in [-0.05, 0) is 44.8 Å². The van der Waals surface area contributed by atoms with Gasteiger partial charge in [0, 0.05) is 10.5 Å². The van der Waals surface area contributed by atoms with Crippen LogP contribution in [0, 0.1) is 0 Å². The van der Waals surface area contributed by atoms with Crippen molar-refractivity contribution in [2.75, 3.05) is 12.4 Å². The quantitative estimate of drug-likeness (QED) is 0.759. The van der Waals surface area contributed by atoms with Gasteiger partial charge < -0.3 is 10.1 Å². The summed E-state index contributed by atoms with van der Waals surface area (Å²) in [7, 11) is 1.58. The van der Waals surface area contributed by atoms with E-state index in [4.69, 9.17) is 4.74 Å². The molecule has 16 heavy (non-hydrogen) atoms. The number of amides is 1. The lowest BCUT2D eigenvalue weighted by molar-refractivity contribution is -0.115. The van der Waals surface area contributed by atoms with Crippen LogP contribution in [0.15, 0.2) is 21.1 Å². The van der Waals surface area contributed by atoms with Crippen LogP contribution < -0.4 is 10.1 Å². The number of benzene rings is 1. The summed E-state index contributed by atoms with van der Waals surface area (Å²) in [4.78, 5) is 11.3. The fourth-order valence-corrected chi connectivity index (χ4v) is 2.38. The summed E-state index contributed by atoms with van der Waals surface area (Å²) in [5.74, 6) is 0.561. The van der Waals surface area contributed by atoms with Crippen molar-refractivity contribution in [2.24, 2.45) is 0 Å². The van der Waals surface area contributed by atoms with Gasteiger partial charge in [0.2, 0.25) is 5.91 Å². The van der Waals surface area contributed by atoms with Gasteiger partial charge in [-0.1, -0.05) is 15.9 Å². The maximum atomic E-state index is 11.5. The van der Waals surface area contributed by atoms with Crippen molar-refractivity contribution in [1.29, 1.82) is 0 Å². The van der Waals surface area contributed by atoms with Crippen LogP contribution in [-0.4, -0.2) is 17.8 Å². The number of ether oxygens (including phenoxy) is 1. The summed E-state index contributed by atoms with van der Waals surface area (Å²) in [5.41, 5.74) is 0.677. The van der Waals surface area contributed by atoms with E-state index in [2.05, 4.69) is 53.1 Å². The number of hydrogen-bond donors (Lipinski definition) is 1. The lowest BCUT2D eigenvalue weighted by Crippen LogP contribution is -2.20. The lowest BCUT2D eigenvalue weighted by Gasteiger charge is -2.11. The van der Waals surface area contributed by atoms with Gasteiger partial charge in [0.25, 0.3) is 0 Å². The molecule has 1 aromatic carbocycles. The average molecular weight is 416 g/mol. The van der Waals surface area contributed by atoms with Crippen LogP contribution in [0.2, 0.25) is 0 Å². The topological polar surface area (TPSA) is 38.3 Å². The standard InChI is InChI=1S/C10H10Br3NO2/c1-5(11)10(15)14-8-4-9(16-2)7(13)3-6(8)12/h3-5H,1-2H3,(H,14,15). The van der Waals surface area contributed by atoms with E-state index < -0.39 is 0 Å². The molecule has 0 bridgehead atoms. The van der Waals surface area contributed by atoms with Gasteiger partial charge in [0.15, 0.2) is 0 Å². The Labute approximate surface area is 119 Å². The number of anilines is 1. The van der Waals surface area contributed by atoms with Crippen molar-refractivity contribution in [2.45, 2.75) is 11.8 Å². The van der Waals surface area contributed by atoms with Gasteiger partial charge in [-0.3, -0.25) is 4.79 Å². The molecule has 0 aliphatic rings. The first kappa shape index (κ1) is 14.0. The monoisotopic (exact) mass is 413 g/mol. The number of alkyl halides is 1. The molecule has 0 fully saturated rings. The highest BCUT2D eigenvalue weighted by molar-refractivity contribution is 9.11. The minimum atomic E-state index is -0.242. The van der Waals surface area contributed by atoms with Crippen LogP contribution in [0.25, 0.3) is 0 Å². The molecule has 3 nitrogen and oxygen atoms in total. The second kappa shape index (κ2) is 6.02. The SMILES string of the molecule is COc1cc(NC(=O)C(C)Br)c(Br)cc1Br. The Balaban J connectivity index is 3.00. The van der Waals surface area contributed by atoms with Crippen LogP contribution >= 0.6 is 47.8 Å². The Morgan fingerprint density at radius 1 is 1.38 bits per heavy atom. The summed E-state index contributed by atoms with van der Waals surface area (Å²) in [6, 6.07) is 3.58. The third kappa shape index (κ3) is 3.46. The van der Waals surface area contributed by atoms with Gasteiger partial charge in [-0.2, -0.15) is 0 Å². The number of nitrogens with one attached hydrogen (secondary N) is 1. The number of rotatable bonds is 3. The predicted octanol–water partition coefficient (Wildman–Crippen LogP) is 3.94. The third-order valence-electron chi connectivity index (χ3n) is 1.86. The Bertz CT molecular complexity index is 407. The summed E-state index contributed by atoms with van der Waals surface area (Å²) in [6.07, 6.45) is 0. The molecule has 0 saturated carbocycles. The van der Waals surface area contributed by atoms with Crippen LogP contribution in [-0.2, 0) is 4.79 Å². The zero-order valence-electron chi connectivity index (χ0n) is 8.68. The molecule has 1 atom stereocenters. The van der Waals surface area contributed by atoms with Gasteiger partial charge in [0.05, 0.1) is 22.1 Å². The molecule has 1 unspecified atom stereocenters. The summed E-state index contributed by atoms with van der Waals surface area (Å²) in [5, 5.41) is 2.78. The molecule has 1 aromatic rings. The van der Waals surface area contributed by atoms with Crippen LogP contribution in [0.4, 0.5) is 5.69 Å². The molecule has 0 aromatic heterocycles. The highest BCUT2D eigenvalue weighted by atomic mass is 79.9. The number of methoxy groups -OCH3 is 1. The fourth-order valence-electron chi connectivity index (χ4n) is 1.01. The van der Waals surface area contributed by atoms with Crippen molar-refractivity contribution in [3.63, 3.8) is 0 Å². The van der Waals surface area contributed by atoms with Crippen LogP contribution in [0.3, 0.4) is 0 Å². The third-order valence-corrected chi connectivity index (χ3v) is 3.55. The first-order valence-corrected chi connectivity index (χ1v) is 6.94. The zero-order chi connectivity index (χ0) is 12.3. The molecule has 0 spiro atoms. The van der Waals surface area contributed by atoms with E-state index in [1.165, 1.54) is 0 Å². The predicted molar refractivity (Wildman–Crippen MR) is 75.4 cm³/mol. The second-order valence-electron chi connectivity index (χ2n) is 3.07. The smallest absolute Gasteiger partial charge is 0.237 e. The van der Waals surface area contributed by atoms with E-state index in [1.54, 1.807) is 20.1 Å². The van der Waals surface area contributed by atoms with Gasteiger partial charge in [-0.25, -0.2) is 0 Å². The number of halogens is 3. The van der Waals surface area contributed by atoms with E-state index >= 15 is 0 Å². The molecule has 0 radical (unpaired) electrons. The molecule has 88 valence electrons. The van der Waals surface area contributed by atoms with Crippen molar-refractivity contribution >= 4 is 59.4 Å². The van der Waals surface area contributed by atoms with Gasteiger partial charge in [0.1, 0.15) is 5.75 Å². The van der Waals surface area contributed by atoms with E-state index in [0.717, 1.165) is 8.95 Å². The molecule has 0 aliphatic carbocycles. The highest BCUT2D eigenvalue weighted by Crippen LogP contribution is 2.34. The molecule has 1 rings (SSSR count). The van der Waals surface area contributed by atoms with Crippen LogP contribution in [0.1, 0.15) is 6.92 Å². The van der Waals surface area contributed by atoms with Crippen molar-refractivity contribution in [3.8, 4) is 5.75 Å². The number of carbonyl (C=O) groups excluding carboxylic acids is 1. The molecule has 0 saturated heterocycles. The summed E-state index contributed by atoms with van der Waals surface area (Å²) in [6.45, 7) is 1.76. The highest BCUT2D eigenvalue weighted by Gasteiger charge is 2.13. The van der Waals surface area contributed by atoms with E-state index in [0.29, 0.717) is 11.4 Å². The van der Waals surface area contributed by atoms with Gasteiger partial charge >= 0.3 is 0 Å². The number of hydrogen-bond acceptors (Lipinski definition) is 2. The molecular weight excluding hydrogens is 406 g/mol. The Morgan fingerprint density at radius 3 is 2.50 bits per heavy atom. The largest absolute Gasteiger partial charge is 0.495 e. The van der Waals surface area contributed by atoms with Crippen molar-refractivity contribution < 1.29 is 9.53 Å². The summed E-state index contributed by atoms with van der Waals surface area (Å²) >= 11 is 9.94. The maximum absolute atomic E-state index is 11.5. The van der Waals surface area contributed by atoms with E-state index in [1.807, 2.05) is 6.07 Å². The fraction of sp³-hybridized carbons (Fsp3) is 0.300. The molecule has 1 amide bonds. The molecule has 0 aliphatic heterocycles. The van der Waals surface area contributed by atoms with E-state index in [9.17, 15) is 4.79 Å². The Morgan fingerprint density at radius 2 is 2.00 bits per heavy atom. The minimum absolute atomic E-state index is 0.106. The van der Waals surface area contributed by atoms with Crippen LogP contribution in [0.5, 0.6) is 5.75 Å². The van der Waals surface area contributed by atoms with Gasteiger partial charge in [-0.15, -0.1) is 0 Å². The molecule has 0 heterocycles. The molecular formula is C10H10Br3NO2. The average Bonchev–Trinajstić information content (AvgIpc) is 2.21. The van der Waals surface area contributed by atoms with E-state index in [-0.39, 0.29) is 10.7 Å². The second-order valence-corrected chi connectivity index (χ2v) is 6.15. The normalized spacial score (nSPS) is 12.1. The first-order chi connectivity index (χ1) is 7.45. The zero-order valence-corrected chi connectivity index (χ0v) is 13.4. The Kier molecular flexibility index (Phi) is 5.27. The molecule has 1 N–H and O–H groups in total. The maximum Gasteiger partial charge on any atom is 0.237 e. The Hall–Kier alpha value is -0.0700. The molecule has 6 heteroatoms. The summed E-state index contributed by atoms with van der Waals surface area (Å²) < 4.78 is 6.77. The number of carbonyl (C=O) groups is 1. The minimum Gasteiger partial charge on any atom is -0.495 e. The lowest BCUT2D eigenvalue weighted by atomic mass is 10.3. The van der Waals surface area contributed by atoms with Crippen molar-refractivity contribution in [1.82, 2.24) is 0 Å².